The van der Waals surface area contributed by atoms with Gasteiger partial charge in [0.25, 0.3) is 0 Å². The van der Waals surface area contributed by atoms with Crippen LogP contribution in [0, 0.1) is 0 Å². The number of pyridine rings is 1. The van der Waals surface area contributed by atoms with Crippen LogP contribution in [0.2, 0.25) is 0 Å². The summed E-state index contributed by atoms with van der Waals surface area (Å²) in [4.78, 5) is 11.4. The molecule has 0 amide bonds. The first-order valence-corrected chi connectivity index (χ1v) is 6.48. The van der Waals surface area contributed by atoms with Crippen LogP contribution < -0.4 is 0 Å². The Morgan fingerprint density at radius 2 is 2.33 bits per heavy atom. The number of rotatable bonds is 5. The standard InChI is InChI=1S/C12H13N3O2S/c1-3-17-11(16)9(2)8-18-12-14-13-10-6-4-5-7-15(10)12/h4-7H,2-3,8H2,1H3. The minimum Gasteiger partial charge on any atom is -0.463 e. The lowest BCUT2D eigenvalue weighted by Crippen LogP contribution is -2.08. The third kappa shape index (κ3) is 2.70. The Kier molecular flexibility index (Phi) is 3.99. The summed E-state index contributed by atoms with van der Waals surface area (Å²) in [5.74, 6) is 0.0768. The molecule has 0 aliphatic carbocycles. The Hall–Kier alpha value is -1.82. The van der Waals surface area contributed by atoms with E-state index in [2.05, 4.69) is 16.8 Å². The molecule has 0 N–H and O–H groups in total. The van der Waals surface area contributed by atoms with E-state index in [-0.39, 0.29) is 5.97 Å². The summed E-state index contributed by atoms with van der Waals surface area (Å²) >= 11 is 1.41. The fourth-order valence-electron chi connectivity index (χ4n) is 1.36. The monoisotopic (exact) mass is 263 g/mol. The highest BCUT2D eigenvalue weighted by Gasteiger charge is 2.11. The summed E-state index contributed by atoms with van der Waals surface area (Å²) in [5.41, 5.74) is 1.20. The van der Waals surface area contributed by atoms with Crippen molar-refractivity contribution >= 4 is 23.4 Å². The molecule has 2 heterocycles. The number of carbonyl (C=O) groups excluding carboxylic acids is 1. The molecule has 6 heteroatoms. The smallest absolute Gasteiger partial charge is 0.334 e. The van der Waals surface area contributed by atoms with Crippen LogP contribution in [0.5, 0.6) is 0 Å². The van der Waals surface area contributed by atoms with Crippen molar-refractivity contribution in [2.45, 2.75) is 12.1 Å². The number of thioether (sulfide) groups is 1. The van der Waals surface area contributed by atoms with Gasteiger partial charge in [0, 0.05) is 17.5 Å². The van der Waals surface area contributed by atoms with E-state index in [0.29, 0.717) is 17.9 Å². The fourth-order valence-corrected chi connectivity index (χ4v) is 2.17. The number of ether oxygens (including phenoxy) is 1. The molecular formula is C12H13N3O2S. The molecule has 0 spiro atoms. The van der Waals surface area contributed by atoms with Gasteiger partial charge in [-0.2, -0.15) is 0 Å². The van der Waals surface area contributed by atoms with Crippen molar-refractivity contribution in [1.82, 2.24) is 14.6 Å². The topological polar surface area (TPSA) is 56.5 Å². The molecule has 0 atom stereocenters. The van der Waals surface area contributed by atoms with E-state index >= 15 is 0 Å². The quantitative estimate of drug-likeness (QED) is 0.469. The maximum Gasteiger partial charge on any atom is 0.334 e. The molecule has 0 unspecified atom stereocenters. The third-order valence-electron chi connectivity index (χ3n) is 2.22. The van der Waals surface area contributed by atoms with Gasteiger partial charge >= 0.3 is 5.97 Å². The first-order chi connectivity index (χ1) is 8.72. The average molecular weight is 263 g/mol. The molecule has 94 valence electrons. The number of fused-ring (bicyclic) bond motifs is 1. The predicted molar refractivity (Wildman–Crippen MR) is 69.5 cm³/mol. The third-order valence-corrected chi connectivity index (χ3v) is 3.25. The van der Waals surface area contributed by atoms with E-state index in [1.807, 2.05) is 28.8 Å². The number of hydrogen-bond acceptors (Lipinski definition) is 5. The van der Waals surface area contributed by atoms with Crippen LogP contribution >= 0.6 is 11.8 Å². The average Bonchev–Trinajstić information content (AvgIpc) is 2.79. The molecule has 0 bridgehead atoms. The second-order valence-corrected chi connectivity index (χ2v) is 4.47. The predicted octanol–water partition coefficient (Wildman–Crippen LogP) is 1.94. The van der Waals surface area contributed by atoms with Crippen molar-refractivity contribution in [3.05, 3.63) is 36.5 Å². The number of aromatic nitrogens is 3. The molecule has 18 heavy (non-hydrogen) atoms. The van der Waals surface area contributed by atoms with Gasteiger partial charge in [0.1, 0.15) is 0 Å². The second kappa shape index (κ2) is 5.68. The van der Waals surface area contributed by atoms with E-state index in [1.54, 1.807) is 6.92 Å². The lowest BCUT2D eigenvalue weighted by Gasteiger charge is -2.03. The second-order valence-electron chi connectivity index (χ2n) is 3.52. The van der Waals surface area contributed by atoms with Gasteiger partial charge in [-0.25, -0.2) is 4.79 Å². The molecule has 2 aromatic rings. The van der Waals surface area contributed by atoms with Crippen LogP contribution in [0.3, 0.4) is 0 Å². The van der Waals surface area contributed by atoms with E-state index in [4.69, 9.17) is 4.74 Å². The molecule has 0 aromatic carbocycles. The molecule has 0 aliphatic rings. The van der Waals surface area contributed by atoms with Crippen LogP contribution in [-0.4, -0.2) is 32.9 Å². The number of carbonyl (C=O) groups is 1. The molecule has 0 fully saturated rings. The molecule has 0 saturated carbocycles. The number of hydrogen-bond donors (Lipinski definition) is 0. The molecule has 0 saturated heterocycles. The van der Waals surface area contributed by atoms with Crippen LogP contribution in [0.4, 0.5) is 0 Å². The van der Waals surface area contributed by atoms with Gasteiger partial charge in [-0.1, -0.05) is 24.4 Å². The number of esters is 1. The summed E-state index contributed by atoms with van der Waals surface area (Å²) in [6.07, 6.45) is 1.88. The maximum atomic E-state index is 11.4. The highest BCUT2D eigenvalue weighted by atomic mass is 32.2. The van der Waals surface area contributed by atoms with Gasteiger partial charge in [-0.05, 0) is 19.1 Å². The van der Waals surface area contributed by atoms with Crippen LogP contribution in [0.25, 0.3) is 5.65 Å². The minimum absolute atomic E-state index is 0.358. The Labute approximate surface area is 109 Å². The highest BCUT2D eigenvalue weighted by Crippen LogP contribution is 2.19. The fraction of sp³-hybridized carbons (Fsp3) is 0.250. The Morgan fingerprint density at radius 1 is 1.50 bits per heavy atom. The van der Waals surface area contributed by atoms with Crippen molar-refractivity contribution in [3.8, 4) is 0 Å². The molecule has 2 aromatic heterocycles. The Bertz CT molecular complexity index is 579. The van der Waals surface area contributed by atoms with Gasteiger partial charge in [0.05, 0.1) is 6.61 Å². The summed E-state index contributed by atoms with van der Waals surface area (Å²) in [5, 5.41) is 8.81. The molecule has 2 rings (SSSR count). The highest BCUT2D eigenvalue weighted by molar-refractivity contribution is 7.99. The summed E-state index contributed by atoms with van der Waals surface area (Å²) in [6, 6.07) is 5.67. The molecule has 0 radical (unpaired) electrons. The van der Waals surface area contributed by atoms with E-state index in [1.165, 1.54) is 11.8 Å². The summed E-state index contributed by atoms with van der Waals surface area (Å²) < 4.78 is 6.73. The Balaban J connectivity index is 2.02. The SMILES string of the molecule is C=C(CSc1nnc2ccccn12)C(=O)OCC. The molecule has 0 aliphatic heterocycles. The first-order valence-electron chi connectivity index (χ1n) is 5.50. The van der Waals surface area contributed by atoms with Gasteiger partial charge in [-0.3, -0.25) is 4.40 Å². The van der Waals surface area contributed by atoms with Crippen molar-refractivity contribution in [2.24, 2.45) is 0 Å². The Morgan fingerprint density at radius 3 is 3.11 bits per heavy atom. The van der Waals surface area contributed by atoms with E-state index < -0.39 is 0 Å². The lowest BCUT2D eigenvalue weighted by atomic mass is 10.4. The summed E-state index contributed by atoms with van der Waals surface area (Å²) in [7, 11) is 0. The van der Waals surface area contributed by atoms with E-state index in [0.717, 1.165) is 10.8 Å². The molecular weight excluding hydrogens is 250 g/mol. The van der Waals surface area contributed by atoms with Crippen molar-refractivity contribution in [2.75, 3.05) is 12.4 Å². The van der Waals surface area contributed by atoms with Gasteiger partial charge in [0.15, 0.2) is 10.8 Å². The van der Waals surface area contributed by atoms with Gasteiger partial charge < -0.3 is 4.74 Å². The van der Waals surface area contributed by atoms with Gasteiger partial charge in [0.2, 0.25) is 0 Å². The normalized spacial score (nSPS) is 10.5. The van der Waals surface area contributed by atoms with Crippen molar-refractivity contribution < 1.29 is 9.53 Å². The van der Waals surface area contributed by atoms with Gasteiger partial charge in [-0.15, -0.1) is 10.2 Å². The van der Waals surface area contributed by atoms with Crippen LogP contribution in [-0.2, 0) is 9.53 Å². The van der Waals surface area contributed by atoms with E-state index in [9.17, 15) is 4.79 Å². The van der Waals surface area contributed by atoms with Crippen molar-refractivity contribution in [1.29, 1.82) is 0 Å². The summed E-state index contributed by atoms with van der Waals surface area (Å²) in [6.45, 7) is 5.83. The van der Waals surface area contributed by atoms with Crippen LogP contribution in [0.1, 0.15) is 6.92 Å². The first kappa shape index (κ1) is 12.6. The number of nitrogens with zero attached hydrogens (tertiary/aromatic N) is 3. The minimum atomic E-state index is -0.362. The molecule has 5 nitrogen and oxygen atoms in total. The van der Waals surface area contributed by atoms with Crippen molar-refractivity contribution in [3.63, 3.8) is 0 Å². The zero-order valence-electron chi connectivity index (χ0n) is 10.00. The van der Waals surface area contributed by atoms with Crippen LogP contribution in [0.15, 0.2) is 41.7 Å². The zero-order valence-corrected chi connectivity index (χ0v) is 10.8. The lowest BCUT2D eigenvalue weighted by molar-refractivity contribution is -0.138. The zero-order chi connectivity index (χ0) is 13.0. The maximum absolute atomic E-state index is 11.4. The largest absolute Gasteiger partial charge is 0.463 e.